The first-order chi connectivity index (χ1) is 10.2. The Kier molecular flexibility index (Phi) is 4.36. The second-order valence-corrected chi connectivity index (χ2v) is 5.04. The zero-order chi connectivity index (χ0) is 16.3. The number of benzene rings is 2. The summed E-state index contributed by atoms with van der Waals surface area (Å²) in [5.74, 6) is -3.23. The van der Waals surface area contributed by atoms with Gasteiger partial charge < -0.3 is 9.50 Å². The molecule has 0 aromatic heterocycles. The fourth-order valence-electron chi connectivity index (χ4n) is 1.55. The normalized spacial score (nSPS) is 11.0. The highest BCUT2D eigenvalue weighted by Crippen LogP contribution is 2.18. The molecule has 0 unspecified atom stereocenters. The van der Waals surface area contributed by atoms with Crippen LogP contribution in [0.15, 0.2) is 42.5 Å². The number of hydrogen-bond acceptors (Lipinski definition) is 4. The molecule has 0 saturated heterocycles. The predicted molar refractivity (Wildman–Crippen MR) is 71.4 cm³/mol. The Balaban J connectivity index is 2.10. The van der Waals surface area contributed by atoms with Crippen molar-refractivity contribution in [3.8, 4) is 5.75 Å². The van der Waals surface area contributed by atoms with Crippen LogP contribution in [0.3, 0.4) is 0 Å². The monoisotopic (exact) mass is 331 g/mol. The summed E-state index contributed by atoms with van der Waals surface area (Å²) >= 11 is 0. The molecular formula is C13H8F3NO4S. The van der Waals surface area contributed by atoms with Crippen molar-refractivity contribution in [1.82, 2.24) is 0 Å². The summed E-state index contributed by atoms with van der Waals surface area (Å²) in [5, 5.41) is 2.37. The SMILES string of the molecule is O=C(Nc1ccc(OS(=O)(=O)F)cc1)c1ccc(F)c(F)c1. The molecule has 2 aromatic rings. The molecule has 0 aliphatic rings. The molecule has 0 aliphatic carbocycles. The van der Waals surface area contributed by atoms with E-state index in [1.165, 1.54) is 12.1 Å². The molecule has 0 radical (unpaired) electrons. The first kappa shape index (κ1) is 15.8. The maximum absolute atomic E-state index is 13.0. The van der Waals surface area contributed by atoms with Crippen molar-refractivity contribution in [2.45, 2.75) is 0 Å². The van der Waals surface area contributed by atoms with E-state index < -0.39 is 28.0 Å². The van der Waals surface area contributed by atoms with E-state index in [9.17, 15) is 25.9 Å². The summed E-state index contributed by atoms with van der Waals surface area (Å²) < 4.78 is 62.6. The zero-order valence-electron chi connectivity index (χ0n) is 10.7. The largest absolute Gasteiger partial charge is 0.488 e. The predicted octanol–water partition coefficient (Wildman–Crippen LogP) is 2.81. The van der Waals surface area contributed by atoms with Gasteiger partial charge in [0, 0.05) is 11.3 Å². The Hall–Kier alpha value is -2.55. The molecule has 9 heteroatoms. The number of anilines is 1. The number of halogens is 3. The fourth-order valence-corrected chi connectivity index (χ4v) is 1.89. The van der Waals surface area contributed by atoms with Crippen LogP contribution in [-0.4, -0.2) is 14.3 Å². The molecule has 2 aromatic carbocycles. The highest BCUT2D eigenvalue weighted by Gasteiger charge is 2.11. The van der Waals surface area contributed by atoms with Gasteiger partial charge in [0.15, 0.2) is 11.6 Å². The van der Waals surface area contributed by atoms with Gasteiger partial charge in [0.2, 0.25) is 0 Å². The molecule has 0 fully saturated rings. The molecule has 1 amide bonds. The zero-order valence-corrected chi connectivity index (χ0v) is 11.5. The van der Waals surface area contributed by atoms with Crippen LogP contribution >= 0.6 is 0 Å². The molecule has 22 heavy (non-hydrogen) atoms. The summed E-state index contributed by atoms with van der Waals surface area (Å²) in [5.41, 5.74) is 0.115. The van der Waals surface area contributed by atoms with Gasteiger partial charge in [0.05, 0.1) is 0 Å². The number of amides is 1. The number of carbonyl (C=O) groups excluding carboxylic acids is 1. The number of nitrogens with one attached hydrogen (secondary N) is 1. The van der Waals surface area contributed by atoms with Crippen LogP contribution < -0.4 is 9.50 Å². The van der Waals surface area contributed by atoms with Crippen molar-refractivity contribution in [2.75, 3.05) is 5.32 Å². The van der Waals surface area contributed by atoms with Gasteiger partial charge in [0.1, 0.15) is 5.75 Å². The van der Waals surface area contributed by atoms with Gasteiger partial charge in [-0.3, -0.25) is 4.79 Å². The topological polar surface area (TPSA) is 72.5 Å². The van der Waals surface area contributed by atoms with E-state index in [-0.39, 0.29) is 17.0 Å². The van der Waals surface area contributed by atoms with Crippen molar-refractivity contribution in [2.24, 2.45) is 0 Å². The van der Waals surface area contributed by atoms with Crippen molar-refractivity contribution < 1.29 is 30.1 Å². The second kappa shape index (κ2) is 6.06. The molecule has 0 atom stereocenters. The second-order valence-electron chi connectivity index (χ2n) is 4.08. The van der Waals surface area contributed by atoms with E-state index in [0.29, 0.717) is 0 Å². The van der Waals surface area contributed by atoms with E-state index in [4.69, 9.17) is 0 Å². The van der Waals surface area contributed by atoms with E-state index in [1.807, 2.05) is 0 Å². The van der Waals surface area contributed by atoms with Gasteiger partial charge in [-0.05, 0) is 42.5 Å². The van der Waals surface area contributed by atoms with Crippen molar-refractivity contribution >= 4 is 22.1 Å². The van der Waals surface area contributed by atoms with E-state index in [1.54, 1.807) is 0 Å². The van der Waals surface area contributed by atoms with Crippen LogP contribution in [-0.2, 0) is 10.5 Å². The van der Waals surface area contributed by atoms with Gasteiger partial charge >= 0.3 is 10.5 Å². The minimum absolute atomic E-state index is 0.106. The lowest BCUT2D eigenvalue weighted by atomic mass is 10.2. The van der Waals surface area contributed by atoms with Crippen LogP contribution in [0.25, 0.3) is 0 Å². The molecule has 116 valence electrons. The third kappa shape index (κ3) is 4.22. The first-order valence-electron chi connectivity index (χ1n) is 5.75. The smallest absolute Gasteiger partial charge is 0.358 e. The number of hydrogen-bond donors (Lipinski definition) is 1. The quantitative estimate of drug-likeness (QED) is 0.875. The molecule has 0 bridgehead atoms. The lowest BCUT2D eigenvalue weighted by Gasteiger charge is -2.06. The summed E-state index contributed by atoms with van der Waals surface area (Å²) in [6.07, 6.45) is 0. The van der Waals surface area contributed by atoms with Crippen LogP contribution in [0.4, 0.5) is 18.4 Å². The molecular weight excluding hydrogens is 323 g/mol. The standard InChI is InChI=1S/C13H8F3NO4S/c14-11-6-1-8(7-12(11)15)13(18)17-9-2-4-10(5-3-9)21-22(16,19)20/h1-7H,(H,17,18). The van der Waals surface area contributed by atoms with Crippen LogP contribution in [0.5, 0.6) is 5.75 Å². The van der Waals surface area contributed by atoms with Crippen molar-refractivity contribution in [1.29, 1.82) is 0 Å². The molecule has 5 nitrogen and oxygen atoms in total. The van der Waals surface area contributed by atoms with Crippen molar-refractivity contribution in [3.63, 3.8) is 0 Å². The highest BCUT2D eigenvalue weighted by molar-refractivity contribution is 7.81. The van der Waals surface area contributed by atoms with Gasteiger partial charge in [-0.15, -0.1) is 0 Å². The summed E-state index contributed by atoms with van der Waals surface area (Å²) in [6, 6.07) is 7.36. The molecule has 1 N–H and O–H groups in total. The van der Waals surface area contributed by atoms with Gasteiger partial charge in [0.25, 0.3) is 5.91 Å². The van der Waals surface area contributed by atoms with E-state index in [0.717, 1.165) is 30.3 Å². The summed E-state index contributed by atoms with van der Waals surface area (Å²) in [7, 11) is -5.13. The number of carbonyl (C=O) groups is 1. The van der Waals surface area contributed by atoms with Crippen LogP contribution in [0.2, 0.25) is 0 Å². The van der Waals surface area contributed by atoms with Gasteiger partial charge in [-0.2, -0.15) is 8.42 Å². The molecule has 2 rings (SSSR count). The number of rotatable bonds is 4. The van der Waals surface area contributed by atoms with Gasteiger partial charge in [-0.25, -0.2) is 8.78 Å². The van der Waals surface area contributed by atoms with Crippen LogP contribution in [0.1, 0.15) is 10.4 Å². The summed E-state index contributed by atoms with van der Waals surface area (Å²) in [6.45, 7) is 0. The lowest BCUT2D eigenvalue weighted by Crippen LogP contribution is -2.12. The average molecular weight is 331 g/mol. The van der Waals surface area contributed by atoms with E-state index >= 15 is 0 Å². The average Bonchev–Trinajstić information content (AvgIpc) is 2.42. The highest BCUT2D eigenvalue weighted by atomic mass is 32.3. The first-order valence-corrected chi connectivity index (χ1v) is 7.06. The summed E-state index contributed by atoms with van der Waals surface area (Å²) in [4.78, 5) is 11.8. The van der Waals surface area contributed by atoms with E-state index in [2.05, 4.69) is 9.50 Å². The minimum Gasteiger partial charge on any atom is -0.358 e. The molecule has 0 aliphatic heterocycles. The maximum atomic E-state index is 13.0. The Morgan fingerprint density at radius 2 is 1.64 bits per heavy atom. The Labute approximate surface area is 123 Å². The van der Waals surface area contributed by atoms with Gasteiger partial charge in [-0.1, -0.05) is 3.89 Å². The molecule has 0 heterocycles. The Bertz CT molecular complexity index is 807. The van der Waals surface area contributed by atoms with Crippen LogP contribution in [0, 0.1) is 11.6 Å². The Morgan fingerprint density at radius 1 is 1.00 bits per heavy atom. The van der Waals surface area contributed by atoms with Crippen molar-refractivity contribution in [3.05, 3.63) is 59.7 Å². The minimum atomic E-state index is -5.13. The third-order valence-corrected chi connectivity index (χ3v) is 2.88. The fraction of sp³-hybridized carbons (Fsp3) is 0. The lowest BCUT2D eigenvalue weighted by molar-refractivity contribution is 0.102. The Morgan fingerprint density at radius 3 is 2.18 bits per heavy atom. The molecule has 0 spiro atoms. The maximum Gasteiger partial charge on any atom is 0.488 e. The third-order valence-electron chi connectivity index (χ3n) is 2.49. The molecule has 0 saturated carbocycles.